The first-order valence-electron chi connectivity index (χ1n) is 7.47. The van der Waals surface area contributed by atoms with Crippen LogP contribution in [0.5, 0.6) is 11.6 Å². The van der Waals surface area contributed by atoms with E-state index >= 15 is 0 Å². The monoisotopic (exact) mass is 389 g/mol. The highest BCUT2D eigenvalue weighted by Crippen LogP contribution is 2.29. The highest BCUT2D eigenvalue weighted by molar-refractivity contribution is 9.10. The Morgan fingerprint density at radius 3 is 2.62 bits per heavy atom. The van der Waals surface area contributed by atoms with Gasteiger partial charge >= 0.3 is 5.97 Å². The number of nitrogens with zero attached hydrogens (tertiary/aromatic N) is 3. The summed E-state index contributed by atoms with van der Waals surface area (Å²) in [5.74, 6) is 0.246. The molecule has 24 heavy (non-hydrogen) atoms. The van der Waals surface area contributed by atoms with Gasteiger partial charge in [-0.1, -0.05) is 15.9 Å². The number of aryl methyl sites for hydroxylation is 2. The van der Waals surface area contributed by atoms with E-state index in [1.165, 1.54) is 0 Å². The van der Waals surface area contributed by atoms with E-state index in [4.69, 9.17) is 9.47 Å². The van der Waals surface area contributed by atoms with Gasteiger partial charge in [0.25, 0.3) is 5.88 Å². The third-order valence-electron chi connectivity index (χ3n) is 3.37. The normalized spacial score (nSPS) is 10.8. The molecule has 2 aromatic heterocycles. The van der Waals surface area contributed by atoms with Gasteiger partial charge in [0.15, 0.2) is 11.2 Å². The summed E-state index contributed by atoms with van der Waals surface area (Å²) in [4.78, 5) is 16.8. The SMILES string of the molecule is CCOC(=O)c1c(Oc2ccc(Br)cc2)nn2c(C)cc(C)nc12. The fraction of sp³-hybridized carbons (Fsp3) is 0.235. The summed E-state index contributed by atoms with van der Waals surface area (Å²) < 4.78 is 13.5. The van der Waals surface area contributed by atoms with Crippen molar-refractivity contribution < 1.29 is 14.3 Å². The molecule has 0 spiro atoms. The summed E-state index contributed by atoms with van der Waals surface area (Å²) in [6.07, 6.45) is 0. The highest BCUT2D eigenvalue weighted by atomic mass is 79.9. The first-order chi connectivity index (χ1) is 11.5. The Morgan fingerprint density at radius 1 is 1.25 bits per heavy atom. The van der Waals surface area contributed by atoms with Crippen LogP contribution in [0, 0.1) is 13.8 Å². The van der Waals surface area contributed by atoms with Crippen LogP contribution in [0.15, 0.2) is 34.8 Å². The van der Waals surface area contributed by atoms with Gasteiger partial charge < -0.3 is 9.47 Å². The minimum atomic E-state index is -0.503. The van der Waals surface area contributed by atoms with Crippen molar-refractivity contribution in [3.63, 3.8) is 0 Å². The van der Waals surface area contributed by atoms with Crippen LogP contribution in [0.25, 0.3) is 5.65 Å². The van der Waals surface area contributed by atoms with Gasteiger partial charge in [0.05, 0.1) is 6.61 Å². The van der Waals surface area contributed by atoms with E-state index < -0.39 is 5.97 Å². The van der Waals surface area contributed by atoms with Crippen LogP contribution in [0.3, 0.4) is 0 Å². The fourth-order valence-corrected chi connectivity index (χ4v) is 2.63. The van der Waals surface area contributed by atoms with Gasteiger partial charge in [0.2, 0.25) is 0 Å². The summed E-state index contributed by atoms with van der Waals surface area (Å²) in [7, 11) is 0. The summed E-state index contributed by atoms with van der Waals surface area (Å²) in [6, 6.07) is 9.16. The zero-order valence-electron chi connectivity index (χ0n) is 13.5. The molecule has 0 radical (unpaired) electrons. The first kappa shape index (κ1) is 16.4. The number of hydrogen-bond acceptors (Lipinski definition) is 5. The average molecular weight is 390 g/mol. The van der Waals surface area contributed by atoms with Crippen molar-refractivity contribution in [1.29, 1.82) is 0 Å². The van der Waals surface area contributed by atoms with Gasteiger partial charge in [-0.15, -0.1) is 5.10 Å². The standard InChI is InChI=1S/C17H16BrN3O3/c1-4-23-17(22)14-15-19-10(2)9-11(3)21(15)20-16(14)24-13-7-5-12(18)6-8-13/h5-9H,4H2,1-3H3. The Labute approximate surface area is 147 Å². The second-order valence-corrected chi connectivity index (χ2v) is 6.15. The van der Waals surface area contributed by atoms with E-state index in [-0.39, 0.29) is 18.1 Å². The molecule has 2 heterocycles. The van der Waals surface area contributed by atoms with Crippen molar-refractivity contribution in [2.75, 3.05) is 6.61 Å². The van der Waals surface area contributed by atoms with Crippen LogP contribution in [0.4, 0.5) is 0 Å². The quantitative estimate of drug-likeness (QED) is 0.629. The van der Waals surface area contributed by atoms with Gasteiger partial charge in [-0.25, -0.2) is 14.3 Å². The number of ether oxygens (including phenoxy) is 2. The maximum absolute atomic E-state index is 12.4. The number of hydrogen-bond donors (Lipinski definition) is 0. The predicted molar refractivity (Wildman–Crippen MR) is 92.6 cm³/mol. The topological polar surface area (TPSA) is 65.7 Å². The van der Waals surface area contributed by atoms with Crippen LogP contribution < -0.4 is 4.74 Å². The van der Waals surface area contributed by atoms with Crippen LogP contribution in [-0.2, 0) is 4.74 Å². The molecule has 124 valence electrons. The number of carbonyl (C=O) groups is 1. The van der Waals surface area contributed by atoms with E-state index in [2.05, 4.69) is 26.0 Å². The van der Waals surface area contributed by atoms with Crippen LogP contribution in [0.2, 0.25) is 0 Å². The van der Waals surface area contributed by atoms with Gasteiger partial charge in [-0.05, 0) is 51.1 Å². The van der Waals surface area contributed by atoms with Crippen molar-refractivity contribution in [1.82, 2.24) is 14.6 Å². The van der Waals surface area contributed by atoms with Crippen molar-refractivity contribution in [3.05, 3.63) is 51.8 Å². The van der Waals surface area contributed by atoms with E-state index in [0.717, 1.165) is 15.9 Å². The molecule has 3 rings (SSSR count). The Hall–Kier alpha value is -2.41. The number of benzene rings is 1. The van der Waals surface area contributed by atoms with Crippen molar-refractivity contribution >= 4 is 27.5 Å². The Morgan fingerprint density at radius 2 is 1.96 bits per heavy atom. The molecular weight excluding hydrogens is 374 g/mol. The molecule has 0 saturated carbocycles. The molecule has 0 aliphatic heterocycles. The molecule has 0 bridgehead atoms. The van der Waals surface area contributed by atoms with Gasteiger partial charge in [0, 0.05) is 15.9 Å². The van der Waals surface area contributed by atoms with Crippen LogP contribution in [-0.4, -0.2) is 27.2 Å². The third-order valence-corrected chi connectivity index (χ3v) is 3.90. The average Bonchev–Trinajstić information content (AvgIpc) is 2.88. The molecule has 0 aliphatic carbocycles. The van der Waals surface area contributed by atoms with Crippen molar-refractivity contribution in [3.8, 4) is 11.6 Å². The number of esters is 1. The summed E-state index contributed by atoms with van der Waals surface area (Å²) >= 11 is 3.38. The van der Waals surface area contributed by atoms with Crippen molar-refractivity contribution in [2.24, 2.45) is 0 Å². The predicted octanol–water partition coefficient (Wildman–Crippen LogP) is 4.08. The number of fused-ring (bicyclic) bond motifs is 1. The molecule has 3 aromatic rings. The van der Waals surface area contributed by atoms with E-state index in [9.17, 15) is 4.79 Å². The minimum Gasteiger partial charge on any atom is -0.462 e. The number of halogens is 1. The third kappa shape index (κ3) is 3.12. The summed E-state index contributed by atoms with van der Waals surface area (Å²) in [5, 5.41) is 4.39. The lowest BCUT2D eigenvalue weighted by atomic mass is 10.3. The Balaban J connectivity index is 2.14. The number of rotatable bonds is 4. The number of carbonyl (C=O) groups excluding carboxylic acids is 1. The van der Waals surface area contributed by atoms with Crippen molar-refractivity contribution in [2.45, 2.75) is 20.8 Å². The van der Waals surface area contributed by atoms with Gasteiger partial charge in [-0.3, -0.25) is 0 Å². The number of aromatic nitrogens is 3. The van der Waals surface area contributed by atoms with E-state index in [1.54, 1.807) is 23.6 Å². The molecule has 0 fully saturated rings. The first-order valence-corrected chi connectivity index (χ1v) is 8.26. The van der Waals surface area contributed by atoms with Gasteiger partial charge in [-0.2, -0.15) is 0 Å². The van der Waals surface area contributed by atoms with E-state index in [0.29, 0.717) is 11.4 Å². The fourth-order valence-electron chi connectivity index (χ4n) is 2.37. The molecular formula is C17H16BrN3O3. The maximum Gasteiger partial charge on any atom is 0.347 e. The lowest BCUT2D eigenvalue weighted by Gasteiger charge is -2.05. The Kier molecular flexibility index (Phi) is 4.53. The molecule has 1 aromatic carbocycles. The molecule has 0 aliphatic rings. The highest BCUT2D eigenvalue weighted by Gasteiger charge is 2.25. The Bertz CT molecular complexity index is 904. The molecule has 0 saturated heterocycles. The largest absolute Gasteiger partial charge is 0.462 e. The molecule has 0 atom stereocenters. The maximum atomic E-state index is 12.4. The molecule has 0 unspecified atom stereocenters. The van der Waals surface area contributed by atoms with E-state index in [1.807, 2.05) is 32.0 Å². The molecule has 7 heteroatoms. The summed E-state index contributed by atoms with van der Waals surface area (Å²) in [5.41, 5.74) is 2.30. The minimum absolute atomic E-state index is 0.178. The lowest BCUT2D eigenvalue weighted by molar-refractivity contribution is 0.0525. The van der Waals surface area contributed by atoms with Crippen LogP contribution >= 0.6 is 15.9 Å². The smallest absolute Gasteiger partial charge is 0.347 e. The second kappa shape index (κ2) is 6.60. The molecule has 0 N–H and O–H groups in total. The molecule has 0 amide bonds. The second-order valence-electron chi connectivity index (χ2n) is 5.23. The zero-order valence-corrected chi connectivity index (χ0v) is 15.1. The lowest BCUT2D eigenvalue weighted by Crippen LogP contribution is -2.07. The summed E-state index contributed by atoms with van der Waals surface area (Å²) in [6.45, 7) is 5.78. The molecule has 6 nitrogen and oxygen atoms in total. The zero-order chi connectivity index (χ0) is 17.3. The van der Waals surface area contributed by atoms with Gasteiger partial charge in [0.1, 0.15) is 5.75 Å². The van der Waals surface area contributed by atoms with Crippen LogP contribution in [0.1, 0.15) is 28.7 Å².